The van der Waals surface area contributed by atoms with E-state index in [-0.39, 0.29) is 0 Å². The summed E-state index contributed by atoms with van der Waals surface area (Å²) < 4.78 is 0. The molecule has 3 aliphatic rings. The van der Waals surface area contributed by atoms with Gasteiger partial charge in [0.2, 0.25) is 0 Å². The number of hydrogen-bond acceptors (Lipinski definition) is 2. The normalized spacial score (nSPS) is 31.0. The largest absolute Gasteiger partial charge is 0.299 e. The van der Waals surface area contributed by atoms with Crippen LogP contribution in [0.3, 0.4) is 0 Å². The molecule has 0 amide bonds. The van der Waals surface area contributed by atoms with Crippen molar-refractivity contribution in [2.24, 2.45) is 11.8 Å². The fourth-order valence-corrected chi connectivity index (χ4v) is 6.67. The molecule has 3 heteroatoms. The first-order chi connectivity index (χ1) is 12.2. The average molecular weight is 376 g/mol. The highest BCUT2D eigenvalue weighted by Crippen LogP contribution is 2.50. The van der Waals surface area contributed by atoms with E-state index in [2.05, 4.69) is 47.9 Å². The molecule has 1 aliphatic carbocycles. The number of hydrogen-bond donors (Lipinski definition) is 0. The van der Waals surface area contributed by atoms with Crippen LogP contribution in [0.25, 0.3) is 0 Å². The Bertz CT molecular complexity index is 617. The zero-order valence-corrected chi connectivity index (χ0v) is 16.9. The van der Waals surface area contributed by atoms with Gasteiger partial charge in [0.15, 0.2) is 0 Å². The van der Waals surface area contributed by atoms with Crippen LogP contribution in [0.15, 0.2) is 34.7 Å². The SMILES string of the molecule is CC1CSC(C2CCCCC2c2ccc(Cl)cc2)=C1CN1CCCC1. The maximum atomic E-state index is 6.13. The molecule has 25 heavy (non-hydrogen) atoms. The molecule has 136 valence electrons. The van der Waals surface area contributed by atoms with Crippen LogP contribution in [0.4, 0.5) is 0 Å². The standard InChI is InChI=1S/C22H30ClNS/c1-16-15-25-22(21(16)14-24-12-4-5-13-24)20-7-3-2-6-19(20)17-8-10-18(23)11-9-17/h8-11,16,19-20H,2-7,12-15H2,1H3. The Morgan fingerprint density at radius 1 is 1.00 bits per heavy atom. The van der Waals surface area contributed by atoms with Crippen molar-refractivity contribution in [2.75, 3.05) is 25.4 Å². The molecule has 0 N–H and O–H groups in total. The third-order valence-electron chi connectivity index (χ3n) is 6.39. The molecule has 2 aliphatic heterocycles. The average Bonchev–Trinajstić information content (AvgIpc) is 3.27. The Morgan fingerprint density at radius 3 is 2.40 bits per heavy atom. The summed E-state index contributed by atoms with van der Waals surface area (Å²) in [6.45, 7) is 6.29. The minimum absolute atomic E-state index is 0.687. The van der Waals surface area contributed by atoms with Crippen LogP contribution in [0.5, 0.6) is 0 Å². The second kappa shape index (κ2) is 8.06. The lowest BCUT2D eigenvalue weighted by molar-refractivity contribution is 0.339. The van der Waals surface area contributed by atoms with Gasteiger partial charge in [0.25, 0.3) is 0 Å². The van der Waals surface area contributed by atoms with Gasteiger partial charge in [-0.25, -0.2) is 0 Å². The fraction of sp³-hybridized carbons (Fsp3) is 0.636. The van der Waals surface area contributed by atoms with Crippen molar-refractivity contribution in [1.29, 1.82) is 0 Å². The number of allylic oxidation sites excluding steroid dienone is 1. The van der Waals surface area contributed by atoms with E-state index >= 15 is 0 Å². The van der Waals surface area contributed by atoms with E-state index in [9.17, 15) is 0 Å². The Labute approximate surface area is 162 Å². The minimum Gasteiger partial charge on any atom is -0.299 e. The van der Waals surface area contributed by atoms with Gasteiger partial charge in [0.1, 0.15) is 0 Å². The van der Waals surface area contributed by atoms with Crippen LogP contribution in [0.2, 0.25) is 5.02 Å². The fourth-order valence-electron chi connectivity index (χ4n) is 4.97. The van der Waals surface area contributed by atoms with E-state index in [1.54, 1.807) is 10.5 Å². The van der Waals surface area contributed by atoms with Crippen molar-refractivity contribution < 1.29 is 0 Å². The zero-order valence-electron chi connectivity index (χ0n) is 15.3. The monoisotopic (exact) mass is 375 g/mol. The second-order valence-electron chi connectivity index (χ2n) is 8.13. The van der Waals surface area contributed by atoms with Crippen LogP contribution in [-0.2, 0) is 0 Å². The van der Waals surface area contributed by atoms with Crippen molar-refractivity contribution in [3.8, 4) is 0 Å². The van der Waals surface area contributed by atoms with Gasteiger partial charge in [-0.3, -0.25) is 4.90 Å². The number of nitrogens with zero attached hydrogens (tertiary/aromatic N) is 1. The summed E-state index contributed by atoms with van der Waals surface area (Å²) in [5.74, 6) is 3.48. The van der Waals surface area contributed by atoms with E-state index in [4.69, 9.17) is 11.6 Å². The van der Waals surface area contributed by atoms with E-state index in [0.717, 1.165) is 16.9 Å². The first-order valence-corrected chi connectivity index (χ1v) is 11.4. The van der Waals surface area contributed by atoms with E-state index < -0.39 is 0 Å². The Kier molecular flexibility index (Phi) is 5.79. The van der Waals surface area contributed by atoms with Gasteiger partial charge in [-0.1, -0.05) is 43.5 Å². The zero-order chi connectivity index (χ0) is 17.2. The number of benzene rings is 1. The molecular formula is C22H30ClNS. The van der Waals surface area contributed by atoms with E-state index in [1.165, 1.54) is 69.5 Å². The number of thioether (sulfide) groups is 1. The molecule has 0 aromatic heterocycles. The van der Waals surface area contributed by atoms with Gasteiger partial charge in [0, 0.05) is 17.3 Å². The summed E-state index contributed by atoms with van der Waals surface area (Å²) in [6, 6.07) is 8.70. The predicted octanol–water partition coefficient (Wildman–Crippen LogP) is 6.35. The maximum absolute atomic E-state index is 6.13. The van der Waals surface area contributed by atoms with Crippen LogP contribution >= 0.6 is 23.4 Å². The highest BCUT2D eigenvalue weighted by atomic mass is 35.5. The summed E-state index contributed by atoms with van der Waals surface area (Å²) in [5, 5.41) is 0.855. The maximum Gasteiger partial charge on any atom is 0.0406 e. The number of rotatable bonds is 4. The van der Waals surface area contributed by atoms with Crippen molar-refractivity contribution in [1.82, 2.24) is 4.90 Å². The Hall–Kier alpha value is -0.440. The third kappa shape index (κ3) is 3.96. The molecule has 1 saturated carbocycles. The molecule has 2 heterocycles. The molecule has 0 bridgehead atoms. The van der Waals surface area contributed by atoms with Gasteiger partial charge in [0.05, 0.1) is 0 Å². The summed E-state index contributed by atoms with van der Waals surface area (Å²) in [7, 11) is 0. The molecule has 1 aromatic carbocycles. The Morgan fingerprint density at radius 2 is 1.68 bits per heavy atom. The van der Waals surface area contributed by atoms with Gasteiger partial charge in [-0.2, -0.15) is 0 Å². The van der Waals surface area contributed by atoms with Crippen molar-refractivity contribution in [2.45, 2.75) is 51.4 Å². The van der Waals surface area contributed by atoms with Gasteiger partial charge >= 0.3 is 0 Å². The van der Waals surface area contributed by atoms with Crippen LogP contribution < -0.4 is 0 Å². The lowest BCUT2D eigenvalue weighted by Crippen LogP contribution is -2.26. The van der Waals surface area contributed by atoms with Gasteiger partial charge < -0.3 is 0 Å². The van der Waals surface area contributed by atoms with E-state index in [1.807, 2.05) is 0 Å². The highest BCUT2D eigenvalue weighted by molar-refractivity contribution is 8.03. The van der Waals surface area contributed by atoms with Crippen molar-refractivity contribution in [3.05, 3.63) is 45.3 Å². The van der Waals surface area contributed by atoms with Crippen LogP contribution in [-0.4, -0.2) is 30.3 Å². The molecule has 2 fully saturated rings. The van der Waals surface area contributed by atoms with Gasteiger partial charge in [-0.05, 0) is 84.7 Å². The lowest BCUT2D eigenvalue weighted by atomic mass is 9.74. The second-order valence-corrected chi connectivity index (χ2v) is 9.63. The molecule has 1 aromatic rings. The smallest absolute Gasteiger partial charge is 0.0406 e. The first-order valence-electron chi connectivity index (χ1n) is 10.1. The Balaban J connectivity index is 1.61. The molecule has 0 spiro atoms. The summed E-state index contributed by atoms with van der Waals surface area (Å²) in [4.78, 5) is 4.46. The first kappa shape index (κ1) is 17.9. The summed E-state index contributed by atoms with van der Waals surface area (Å²) in [5.41, 5.74) is 3.28. The molecular weight excluding hydrogens is 346 g/mol. The van der Waals surface area contributed by atoms with Gasteiger partial charge in [-0.15, -0.1) is 11.8 Å². The number of halogens is 1. The third-order valence-corrected chi connectivity index (χ3v) is 8.19. The molecule has 4 rings (SSSR count). The summed E-state index contributed by atoms with van der Waals surface area (Å²) >= 11 is 8.31. The summed E-state index contributed by atoms with van der Waals surface area (Å²) in [6.07, 6.45) is 8.25. The predicted molar refractivity (Wildman–Crippen MR) is 110 cm³/mol. The van der Waals surface area contributed by atoms with Crippen LogP contribution in [0, 0.1) is 11.8 Å². The quantitative estimate of drug-likeness (QED) is 0.603. The molecule has 3 atom stereocenters. The molecule has 1 nitrogen and oxygen atoms in total. The minimum atomic E-state index is 0.687. The topological polar surface area (TPSA) is 3.24 Å². The molecule has 0 radical (unpaired) electrons. The van der Waals surface area contributed by atoms with E-state index in [0.29, 0.717) is 5.92 Å². The lowest BCUT2D eigenvalue weighted by Gasteiger charge is -2.34. The number of likely N-dealkylation sites (tertiary alicyclic amines) is 1. The molecule has 1 saturated heterocycles. The van der Waals surface area contributed by atoms with Crippen LogP contribution in [0.1, 0.15) is 56.9 Å². The van der Waals surface area contributed by atoms with Crippen molar-refractivity contribution >= 4 is 23.4 Å². The molecule has 3 unspecified atom stereocenters. The van der Waals surface area contributed by atoms with Crippen molar-refractivity contribution in [3.63, 3.8) is 0 Å². The highest BCUT2D eigenvalue weighted by Gasteiger charge is 2.35.